The smallest absolute Gasteiger partial charge is 0.235 e. The number of aromatic nitrogens is 3. The van der Waals surface area contributed by atoms with Gasteiger partial charge in [-0.1, -0.05) is 0 Å². The summed E-state index contributed by atoms with van der Waals surface area (Å²) < 4.78 is 25.5. The Labute approximate surface area is 120 Å². The number of thiazole rings is 1. The third-order valence-corrected chi connectivity index (χ3v) is 5.74. The number of sulfone groups is 1. The molecule has 0 saturated carbocycles. The minimum absolute atomic E-state index is 0.298. The molecule has 0 aliphatic carbocycles. The van der Waals surface area contributed by atoms with Gasteiger partial charge in [0.2, 0.25) is 5.91 Å². The van der Waals surface area contributed by atoms with Crippen LogP contribution in [0.5, 0.6) is 0 Å². The summed E-state index contributed by atoms with van der Waals surface area (Å²) in [6, 6.07) is 0. The molecule has 2 rings (SSSR count). The first-order valence-corrected chi connectivity index (χ1v) is 8.33. The van der Waals surface area contributed by atoms with Crippen molar-refractivity contribution < 1.29 is 13.2 Å². The number of amides is 1. The molecule has 20 heavy (non-hydrogen) atoms. The van der Waals surface area contributed by atoms with Gasteiger partial charge in [-0.15, -0.1) is 11.3 Å². The molecule has 2 aromatic rings. The second-order valence-electron chi connectivity index (χ2n) is 4.40. The molecule has 0 fully saturated rings. The number of carbonyl (C=O) groups is 1. The molecule has 108 valence electrons. The lowest BCUT2D eigenvalue weighted by atomic mass is 10.4. The van der Waals surface area contributed by atoms with Gasteiger partial charge in [0.15, 0.2) is 9.84 Å². The van der Waals surface area contributed by atoms with E-state index in [0.29, 0.717) is 10.7 Å². The van der Waals surface area contributed by atoms with E-state index in [-0.39, 0.29) is 5.75 Å². The van der Waals surface area contributed by atoms with Crippen LogP contribution in [0.25, 0.3) is 10.6 Å². The Kier molecular flexibility index (Phi) is 3.91. The fourth-order valence-corrected chi connectivity index (χ4v) is 3.61. The van der Waals surface area contributed by atoms with Crippen molar-refractivity contribution in [2.24, 2.45) is 12.8 Å². The first kappa shape index (κ1) is 14.7. The van der Waals surface area contributed by atoms with Crippen molar-refractivity contribution >= 4 is 27.1 Å². The Morgan fingerprint density at radius 1 is 1.55 bits per heavy atom. The Morgan fingerprint density at radius 2 is 2.25 bits per heavy atom. The normalized spacial score (nSPS) is 13.3. The molecule has 2 heterocycles. The van der Waals surface area contributed by atoms with Crippen LogP contribution < -0.4 is 5.73 Å². The lowest BCUT2D eigenvalue weighted by Gasteiger charge is -2.07. The summed E-state index contributed by atoms with van der Waals surface area (Å²) in [5.74, 6) is -1.15. The van der Waals surface area contributed by atoms with Gasteiger partial charge in [0, 0.05) is 24.2 Å². The number of aryl methyl sites for hydroxylation is 1. The van der Waals surface area contributed by atoms with E-state index in [9.17, 15) is 13.2 Å². The Hall–Kier alpha value is -1.74. The van der Waals surface area contributed by atoms with E-state index < -0.39 is 21.0 Å². The predicted molar refractivity (Wildman–Crippen MR) is 75.6 cm³/mol. The molecule has 0 saturated heterocycles. The summed E-state index contributed by atoms with van der Waals surface area (Å²) in [5, 5.41) is 5.17. The average molecular weight is 314 g/mol. The minimum Gasteiger partial charge on any atom is -0.369 e. The van der Waals surface area contributed by atoms with Gasteiger partial charge in [0.1, 0.15) is 10.3 Å². The van der Waals surface area contributed by atoms with Crippen LogP contribution in [0.3, 0.4) is 0 Å². The first-order chi connectivity index (χ1) is 9.29. The van der Waals surface area contributed by atoms with Gasteiger partial charge >= 0.3 is 0 Å². The fourth-order valence-electron chi connectivity index (χ4n) is 1.55. The zero-order valence-electron chi connectivity index (χ0n) is 11.0. The molecule has 0 aromatic carbocycles. The molecule has 9 heteroatoms. The lowest BCUT2D eigenvalue weighted by Crippen LogP contribution is -2.34. The van der Waals surface area contributed by atoms with Crippen LogP contribution in [0.1, 0.15) is 12.6 Å². The molecular weight excluding hydrogens is 300 g/mol. The van der Waals surface area contributed by atoms with Crippen molar-refractivity contribution in [1.29, 1.82) is 0 Å². The van der Waals surface area contributed by atoms with Crippen LogP contribution in [0.15, 0.2) is 17.8 Å². The summed E-state index contributed by atoms with van der Waals surface area (Å²) in [6.45, 7) is 1.28. The molecule has 7 nitrogen and oxygen atoms in total. The van der Waals surface area contributed by atoms with Crippen LogP contribution in [0.4, 0.5) is 0 Å². The van der Waals surface area contributed by atoms with Gasteiger partial charge in [0.05, 0.1) is 17.6 Å². The molecule has 0 spiro atoms. The number of rotatable bonds is 5. The monoisotopic (exact) mass is 314 g/mol. The second kappa shape index (κ2) is 5.33. The van der Waals surface area contributed by atoms with E-state index in [1.807, 2.05) is 0 Å². The maximum absolute atomic E-state index is 11.9. The van der Waals surface area contributed by atoms with Crippen LogP contribution in [0.2, 0.25) is 0 Å². The van der Waals surface area contributed by atoms with E-state index >= 15 is 0 Å². The van der Waals surface area contributed by atoms with Gasteiger partial charge in [-0.05, 0) is 6.92 Å². The van der Waals surface area contributed by atoms with Gasteiger partial charge in [-0.3, -0.25) is 9.48 Å². The first-order valence-electron chi connectivity index (χ1n) is 5.74. The molecule has 2 aromatic heterocycles. The number of hydrogen-bond acceptors (Lipinski definition) is 6. The van der Waals surface area contributed by atoms with Gasteiger partial charge in [-0.25, -0.2) is 13.4 Å². The quantitative estimate of drug-likeness (QED) is 0.855. The van der Waals surface area contributed by atoms with Crippen LogP contribution in [-0.2, 0) is 27.4 Å². The molecule has 1 atom stereocenters. The van der Waals surface area contributed by atoms with E-state index in [1.54, 1.807) is 29.5 Å². The van der Waals surface area contributed by atoms with E-state index in [1.165, 1.54) is 18.3 Å². The SMILES string of the molecule is C[C@@H](C(N)=O)S(=O)(=O)Cc1csc(-c2cnn(C)c2)n1. The summed E-state index contributed by atoms with van der Waals surface area (Å²) in [5.41, 5.74) is 6.26. The highest BCUT2D eigenvalue weighted by Crippen LogP contribution is 2.24. The maximum atomic E-state index is 11.9. The zero-order chi connectivity index (χ0) is 14.9. The molecule has 0 radical (unpaired) electrons. The Morgan fingerprint density at radius 3 is 2.80 bits per heavy atom. The second-order valence-corrected chi connectivity index (χ2v) is 7.58. The van der Waals surface area contributed by atoms with Crippen molar-refractivity contribution in [3.05, 3.63) is 23.5 Å². The number of primary amides is 1. The molecule has 0 unspecified atom stereocenters. The topological polar surface area (TPSA) is 108 Å². The van der Waals surface area contributed by atoms with Crippen LogP contribution >= 0.6 is 11.3 Å². The van der Waals surface area contributed by atoms with E-state index in [0.717, 1.165) is 5.56 Å². The number of hydrogen-bond donors (Lipinski definition) is 1. The number of nitrogens with two attached hydrogens (primary N) is 1. The van der Waals surface area contributed by atoms with Crippen LogP contribution in [-0.4, -0.2) is 34.3 Å². The van der Waals surface area contributed by atoms with Gasteiger partial charge in [0.25, 0.3) is 0 Å². The standard InChI is InChI=1S/C11H14N4O3S2/c1-7(10(12)16)20(17,18)6-9-5-19-11(14-9)8-3-13-15(2)4-8/h3-5,7H,6H2,1-2H3,(H2,12,16)/t7-/m0/s1. The molecule has 1 amide bonds. The van der Waals surface area contributed by atoms with Crippen LogP contribution in [0, 0.1) is 0 Å². The molecule has 0 aliphatic rings. The van der Waals surface area contributed by atoms with Gasteiger partial charge < -0.3 is 5.73 Å². The van der Waals surface area contributed by atoms with E-state index in [4.69, 9.17) is 5.73 Å². The average Bonchev–Trinajstić information content (AvgIpc) is 2.96. The minimum atomic E-state index is -3.63. The zero-order valence-corrected chi connectivity index (χ0v) is 12.6. The van der Waals surface area contributed by atoms with Crippen molar-refractivity contribution in [2.45, 2.75) is 17.9 Å². The largest absolute Gasteiger partial charge is 0.369 e. The maximum Gasteiger partial charge on any atom is 0.235 e. The molecule has 0 bridgehead atoms. The summed E-state index contributed by atoms with van der Waals surface area (Å²) >= 11 is 1.33. The Balaban J connectivity index is 2.20. The molecule has 0 aliphatic heterocycles. The predicted octanol–water partition coefficient (Wildman–Crippen LogP) is 0.332. The number of nitrogens with zero attached hydrogens (tertiary/aromatic N) is 3. The lowest BCUT2D eigenvalue weighted by molar-refractivity contribution is -0.117. The Bertz CT molecular complexity index is 732. The molecule has 2 N–H and O–H groups in total. The summed E-state index contributed by atoms with van der Waals surface area (Å²) in [4.78, 5) is 15.2. The van der Waals surface area contributed by atoms with Crippen molar-refractivity contribution in [3.63, 3.8) is 0 Å². The highest BCUT2D eigenvalue weighted by atomic mass is 32.2. The van der Waals surface area contributed by atoms with Crippen molar-refractivity contribution in [1.82, 2.24) is 14.8 Å². The third kappa shape index (κ3) is 3.05. The third-order valence-electron chi connectivity index (χ3n) is 2.79. The van der Waals surface area contributed by atoms with Crippen molar-refractivity contribution in [3.8, 4) is 10.6 Å². The molecular formula is C11H14N4O3S2. The highest BCUT2D eigenvalue weighted by molar-refractivity contribution is 7.92. The summed E-state index contributed by atoms with van der Waals surface area (Å²) in [6.07, 6.45) is 3.45. The summed E-state index contributed by atoms with van der Waals surface area (Å²) in [7, 11) is -1.84. The number of carbonyl (C=O) groups excluding carboxylic acids is 1. The fraction of sp³-hybridized carbons (Fsp3) is 0.364. The van der Waals surface area contributed by atoms with Crippen molar-refractivity contribution in [2.75, 3.05) is 0 Å². The highest BCUT2D eigenvalue weighted by Gasteiger charge is 2.27. The van der Waals surface area contributed by atoms with Gasteiger partial charge in [-0.2, -0.15) is 5.10 Å². The van der Waals surface area contributed by atoms with E-state index in [2.05, 4.69) is 10.1 Å².